The fourth-order valence-electron chi connectivity index (χ4n) is 2.37. The van der Waals surface area contributed by atoms with Crippen LogP contribution in [0.2, 0.25) is 0 Å². The molecule has 2 rings (SSSR count). The third-order valence-corrected chi connectivity index (χ3v) is 11.3. The van der Waals surface area contributed by atoms with Gasteiger partial charge in [-0.2, -0.15) is 0 Å². The Hall–Kier alpha value is 0.340. The van der Waals surface area contributed by atoms with Crippen LogP contribution in [0.15, 0.2) is 10.9 Å². The van der Waals surface area contributed by atoms with Crippen molar-refractivity contribution in [3.05, 3.63) is 10.9 Å². The molecule has 0 aromatic carbocycles. The molecule has 1 saturated carbocycles. The van der Waals surface area contributed by atoms with E-state index in [1.165, 1.54) is 48.9 Å². The second kappa shape index (κ2) is 7.81. The first-order valence-corrected chi connectivity index (χ1v) is 11.3. The average molecular weight is 304 g/mol. The molecule has 0 aromatic heterocycles. The van der Waals surface area contributed by atoms with Gasteiger partial charge in [-0.05, 0) is 37.9 Å². The lowest BCUT2D eigenvalue weighted by Crippen LogP contribution is -2.06. The zero-order valence-corrected chi connectivity index (χ0v) is 13.5. The van der Waals surface area contributed by atoms with Crippen LogP contribution in [0.25, 0.3) is 0 Å². The molecule has 1 aliphatic heterocycles. The molecule has 0 spiro atoms. The van der Waals surface area contributed by atoms with Gasteiger partial charge in [0.2, 0.25) is 0 Å². The molecule has 2 aliphatic rings. The third-order valence-electron chi connectivity index (χ3n) is 3.20. The van der Waals surface area contributed by atoms with E-state index in [1.54, 1.807) is 5.57 Å². The van der Waals surface area contributed by atoms with Gasteiger partial charge >= 0.3 is 5.97 Å². The predicted molar refractivity (Wildman–Crippen MR) is 83.2 cm³/mol. The lowest BCUT2D eigenvalue weighted by atomic mass is 9.94. The predicted octanol–water partition coefficient (Wildman–Crippen LogP) is 4.95. The first-order valence-electron chi connectivity index (χ1n) is 6.73. The van der Waals surface area contributed by atoms with E-state index in [2.05, 4.69) is 22.8 Å². The van der Waals surface area contributed by atoms with Crippen molar-refractivity contribution < 1.29 is 9.53 Å². The van der Waals surface area contributed by atoms with Gasteiger partial charge in [0.25, 0.3) is 0 Å². The van der Waals surface area contributed by atoms with Gasteiger partial charge in [-0.15, -0.1) is 22.8 Å². The standard InChI is InChI=1S/C13H21O2PS2/c1-2-15-13(14)10-12(16-17-8-9-18-16)11-6-4-3-5-7-11/h2-10H2,1H3. The monoisotopic (exact) mass is 304 g/mol. The maximum atomic E-state index is 11.8. The third kappa shape index (κ3) is 4.18. The second-order valence-corrected chi connectivity index (χ2v) is 11.3. The number of hydrogen-bond donors (Lipinski definition) is 0. The molecule has 0 N–H and O–H groups in total. The molecule has 1 heterocycles. The van der Waals surface area contributed by atoms with Gasteiger partial charge in [-0.25, -0.2) is 0 Å². The van der Waals surface area contributed by atoms with E-state index in [9.17, 15) is 4.79 Å². The van der Waals surface area contributed by atoms with Gasteiger partial charge in [-0.3, -0.25) is 4.79 Å². The van der Waals surface area contributed by atoms with E-state index >= 15 is 0 Å². The van der Waals surface area contributed by atoms with Crippen molar-refractivity contribution in [3.63, 3.8) is 0 Å². The molecule has 2 fully saturated rings. The van der Waals surface area contributed by atoms with Crippen molar-refractivity contribution in [2.75, 3.05) is 18.1 Å². The maximum absolute atomic E-state index is 11.8. The molecule has 1 aliphatic carbocycles. The van der Waals surface area contributed by atoms with E-state index < -0.39 is 0 Å². The van der Waals surface area contributed by atoms with Crippen molar-refractivity contribution in [2.45, 2.75) is 45.4 Å². The number of carbonyl (C=O) groups is 1. The van der Waals surface area contributed by atoms with E-state index in [4.69, 9.17) is 4.74 Å². The molecule has 0 atom stereocenters. The molecule has 0 amide bonds. The Morgan fingerprint density at radius 1 is 1.22 bits per heavy atom. The van der Waals surface area contributed by atoms with Crippen LogP contribution in [0.3, 0.4) is 0 Å². The van der Waals surface area contributed by atoms with Gasteiger partial charge in [0.15, 0.2) is 0 Å². The molecular weight excluding hydrogens is 283 g/mol. The number of hydrogen-bond acceptors (Lipinski definition) is 4. The largest absolute Gasteiger partial charge is 0.466 e. The lowest BCUT2D eigenvalue weighted by molar-refractivity contribution is -0.142. The van der Waals surface area contributed by atoms with Crippen molar-refractivity contribution in [1.82, 2.24) is 0 Å². The van der Waals surface area contributed by atoms with Crippen LogP contribution < -0.4 is 0 Å². The summed E-state index contributed by atoms with van der Waals surface area (Å²) in [5.41, 5.74) is 1.59. The number of allylic oxidation sites excluding steroid dienone is 1. The number of esters is 1. The van der Waals surface area contributed by atoms with Crippen molar-refractivity contribution in [1.29, 1.82) is 0 Å². The highest BCUT2D eigenvalue weighted by Crippen LogP contribution is 2.72. The first kappa shape index (κ1) is 14.7. The van der Waals surface area contributed by atoms with Crippen LogP contribution in [-0.2, 0) is 9.53 Å². The minimum atomic E-state index is -0.163. The average Bonchev–Trinajstić information content (AvgIpc) is 2.91. The number of rotatable bonds is 4. The summed E-state index contributed by atoms with van der Waals surface area (Å²) in [7, 11) is 0. The topological polar surface area (TPSA) is 26.3 Å². The minimum Gasteiger partial charge on any atom is -0.466 e. The Morgan fingerprint density at radius 2 is 1.89 bits per heavy atom. The van der Waals surface area contributed by atoms with Gasteiger partial charge < -0.3 is 4.74 Å². The Kier molecular flexibility index (Phi) is 6.40. The highest BCUT2D eigenvalue weighted by Gasteiger charge is 2.26. The molecular formula is C13H21O2PS2. The zero-order valence-electron chi connectivity index (χ0n) is 10.9. The highest BCUT2D eigenvalue weighted by molar-refractivity contribution is 8.91. The minimum absolute atomic E-state index is 0.0267. The zero-order chi connectivity index (χ0) is 12.8. The summed E-state index contributed by atoms with van der Waals surface area (Å²) in [6.45, 7) is 2.38. The summed E-state index contributed by atoms with van der Waals surface area (Å²) in [5.74, 6) is 2.47. The summed E-state index contributed by atoms with van der Waals surface area (Å²) in [5, 5.41) is 1.45. The van der Waals surface area contributed by atoms with Crippen LogP contribution in [0.4, 0.5) is 0 Å². The molecule has 1 saturated heterocycles. The van der Waals surface area contributed by atoms with Crippen molar-refractivity contribution in [3.8, 4) is 0 Å². The number of ether oxygens (including phenoxy) is 1. The first-order chi connectivity index (χ1) is 8.81. The van der Waals surface area contributed by atoms with Gasteiger partial charge in [0, 0.05) is 17.8 Å². The molecule has 18 heavy (non-hydrogen) atoms. The van der Waals surface area contributed by atoms with Crippen LogP contribution in [0.1, 0.15) is 45.4 Å². The summed E-state index contributed by atoms with van der Waals surface area (Å²) in [4.78, 5) is 11.8. The quantitative estimate of drug-likeness (QED) is 0.542. The summed E-state index contributed by atoms with van der Waals surface area (Å²) < 4.78 is 5.14. The summed E-state index contributed by atoms with van der Waals surface area (Å²) in [6.07, 6.45) is 6.79. The van der Waals surface area contributed by atoms with Crippen molar-refractivity contribution >= 4 is 35.1 Å². The van der Waals surface area contributed by atoms with E-state index in [0.29, 0.717) is 13.0 Å². The molecule has 0 aromatic rings. The van der Waals surface area contributed by atoms with E-state index in [0.717, 1.165) is 0 Å². The molecule has 102 valence electrons. The van der Waals surface area contributed by atoms with E-state index in [1.807, 2.05) is 6.92 Å². The molecule has 0 unspecified atom stereocenters. The Balaban J connectivity index is 2.08. The fraction of sp³-hybridized carbons (Fsp3) is 0.769. The molecule has 0 radical (unpaired) electrons. The van der Waals surface area contributed by atoms with Crippen LogP contribution in [0, 0.1) is 0 Å². The normalized spacial score (nSPS) is 21.1. The van der Waals surface area contributed by atoms with Crippen LogP contribution >= 0.6 is 29.1 Å². The Bertz CT molecular complexity index is 317. The Labute approximate surface area is 119 Å². The van der Waals surface area contributed by atoms with Gasteiger partial charge in [0.1, 0.15) is 0 Å². The fourth-order valence-corrected chi connectivity index (χ4v) is 11.1. The molecule has 2 nitrogen and oxygen atoms in total. The van der Waals surface area contributed by atoms with Crippen LogP contribution in [-0.4, -0.2) is 24.1 Å². The maximum Gasteiger partial charge on any atom is 0.310 e. The van der Waals surface area contributed by atoms with Gasteiger partial charge in [-0.1, -0.05) is 12.0 Å². The van der Waals surface area contributed by atoms with E-state index in [-0.39, 0.29) is 12.3 Å². The van der Waals surface area contributed by atoms with Crippen molar-refractivity contribution in [2.24, 2.45) is 0 Å². The molecule has 0 bridgehead atoms. The van der Waals surface area contributed by atoms with Gasteiger partial charge in [0.05, 0.1) is 13.0 Å². The SMILES string of the molecule is CCOC(=O)CC(=C1CCCCC1)P1SCCS1. The highest BCUT2D eigenvalue weighted by atomic mass is 33.1. The lowest BCUT2D eigenvalue weighted by Gasteiger charge is -2.22. The second-order valence-electron chi connectivity index (χ2n) is 4.52. The Morgan fingerprint density at radius 3 is 2.50 bits per heavy atom. The molecule has 5 heteroatoms. The number of carbonyl (C=O) groups excluding carboxylic acids is 1. The summed E-state index contributed by atoms with van der Waals surface area (Å²) >= 11 is 4.13. The smallest absolute Gasteiger partial charge is 0.310 e. The van der Waals surface area contributed by atoms with Crippen LogP contribution in [0.5, 0.6) is 0 Å². The summed E-state index contributed by atoms with van der Waals surface area (Å²) in [6, 6.07) is 0.